The zero-order chi connectivity index (χ0) is 14.2. The number of likely N-dealkylation sites (tertiary alicyclic amines) is 1. The summed E-state index contributed by atoms with van der Waals surface area (Å²) < 4.78 is 0. The molecule has 0 saturated carbocycles. The van der Waals surface area contributed by atoms with Crippen LogP contribution >= 0.6 is 11.3 Å². The van der Waals surface area contributed by atoms with Crippen molar-refractivity contribution in [2.45, 2.75) is 6.54 Å². The van der Waals surface area contributed by atoms with Crippen molar-refractivity contribution in [2.75, 3.05) is 24.5 Å². The highest BCUT2D eigenvalue weighted by Gasteiger charge is 2.46. The molecule has 2 fully saturated rings. The maximum atomic E-state index is 12.6. The summed E-state index contributed by atoms with van der Waals surface area (Å²) in [5, 5.41) is 2.12. The fourth-order valence-electron chi connectivity index (χ4n) is 3.54. The van der Waals surface area contributed by atoms with Gasteiger partial charge in [0.2, 0.25) is 5.91 Å². The number of fused-ring (bicyclic) bond motifs is 1. The maximum Gasteiger partial charge on any atom is 0.231 e. The van der Waals surface area contributed by atoms with Crippen LogP contribution in [0.4, 0.5) is 5.69 Å². The van der Waals surface area contributed by atoms with Crippen molar-refractivity contribution >= 4 is 22.9 Å². The molecule has 0 bridgehead atoms. The van der Waals surface area contributed by atoms with Gasteiger partial charge in [0.15, 0.2) is 0 Å². The summed E-state index contributed by atoms with van der Waals surface area (Å²) in [6, 6.07) is 14.3. The Bertz CT molecular complexity index is 626. The van der Waals surface area contributed by atoms with Gasteiger partial charge in [-0.15, -0.1) is 11.3 Å². The summed E-state index contributed by atoms with van der Waals surface area (Å²) in [5.41, 5.74) is 1.04. The number of carbonyl (C=O) groups excluding carboxylic acids is 1. The van der Waals surface area contributed by atoms with Gasteiger partial charge in [0.1, 0.15) is 0 Å². The molecule has 4 rings (SSSR count). The second kappa shape index (κ2) is 5.28. The highest BCUT2D eigenvalue weighted by Crippen LogP contribution is 2.35. The molecule has 0 radical (unpaired) electrons. The fraction of sp³-hybridized carbons (Fsp3) is 0.353. The van der Waals surface area contributed by atoms with Crippen LogP contribution in [0.15, 0.2) is 47.8 Å². The normalized spacial score (nSPS) is 25.5. The van der Waals surface area contributed by atoms with Crippen molar-refractivity contribution in [3.05, 3.63) is 52.7 Å². The largest absolute Gasteiger partial charge is 0.312 e. The minimum atomic E-state index is 0.185. The van der Waals surface area contributed by atoms with Crippen LogP contribution in [0.3, 0.4) is 0 Å². The number of benzene rings is 1. The Morgan fingerprint density at radius 2 is 1.90 bits per heavy atom. The van der Waals surface area contributed by atoms with Crippen LogP contribution in [0.25, 0.3) is 0 Å². The summed E-state index contributed by atoms with van der Waals surface area (Å²) in [4.78, 5) is 18.4. The lowest BCUT2D eigenvalue weighted by Gasteiger charge is -2.21. The Labute approximate surface area is 128 Å². The first-order valence-corrected chi connectivity index (χ1v) is 8.30. The molecule has 0 unspecified atom stereocenters. The second-order valence-corrected chi connectivity index (χ2v) is 6.96. The molecule has 0 spiro atoms. The molecular weight excluding hydrogens is 280 g/mol. The van der Waals surface area contributed by atoms with Gasteiger partial charge in [-0.3, -0.25) is 9.69 Å². The van der Waals surface area contributed by atoms with Gasteiger partial charge >= 0.3 is 0 Å². The minimum absolute atomic E-state index is 0.185. The minimum Gasteiger partial charge on any atom is -0.312 e. The molecule has 2 saturated heterocycles. The monoisotopic (exact) mass is 298 g/mol. The van der Waals surface area contributed by atoms with Crippen LogP contribution in [0.1, 0.15) is 4.88 Å². The predicted octanol–water partition coefficient (Wildman–Crippen LogP) is 2.84. The van der Waals surface area contributed by atoms with Gasteiger partial charge in [-0.2, -0.15) is 0 Å². The van der Waals surface area contributed by atoms with E-state index in [0.29, 0.717) is 11.8 Å². The van der Waals surface area contributed by atoms with Crippen molar-refractivity contribution in [3.8, 4) is 0 Å². The molecule has 2 aliphatic rings. The first-order valence-electron chi connectivity index (χ1n) is 7.42. The third-order valence-electron chi connectivity index (χ3n) is 4.54. The molecular formula is C17H18N2OS. The van der Waals surface area contributed by atoms with E-state index in [0.717, 1.165) is 31.9 Å². The smallest absolute Gasteiger partial charge is 0.231 e. The van der Waals surface area contributed by atoms with E-state index >= 15 is 0 Å². The Morgan fingerprint density at radius 3 is 2.62 bits per heavy atom. The molecule has 4 heteroatoms. The van der Waals surface area contributed by atoms with Gasteiger partial charge in [-0.25, -0.2) is 0 Å². The van der Waals surface area contributed by atoms with Crippen molar-refractivity contribution in [3.63, 3.8) is 0 Å². The van der Waals surface area contributed by atoms with Gasteiger partial charge in [-0.05, 0) is 23.6 Å². The summed E-state index contributed by atoms with van der Waals surface area (Å²) in [6.45, 7) is 3.81. The zero-order valence-electron chi connectivity index (χ0n) is 11.8. The number of amides is 1. The quantitative estimate of drug-likeness (QED) is 0.870. The van der Waals surface area contributed by atoms with Gasteiger partial charge in [0, 0.05) is 42.7 Å². The first-order chi connectivity index (χ1) is 10.3. The number of rotatable bonds is 3. The molecule has 0 aliphatic carbocycles. The molecule has 3 nitrogen and oxygen atoms in total. The van der Waals surface area contributed by atoms with E-state index in [2.05, 4.69) is 22.4 Å². The fourth-order valence-corrected chi connectivity index (χ4v) is 4.29. The van der Waals surface area contributed by atoms with Gasteiger partial charge in [-0.1, -0.05) is 24.3 Å². The van der Waals surface area contributed by atoms with E-state index in [1.54, 1.807) is 11.3 Å². The Hall–Kier alpha value is -1.65. The molecule has 1 aromatic heterocycles. The number of carbonyl (C=O) groups is 1. The van der Waals surface area contributed by atoms with Crippen LogP contribution < -0.4 is 4.90 Å². The van der Waals surface area contributed by atoms with Gasteiger partial charge in [0.05, 0.1) is 5.92 Å². The maximum absolute atomic E-state index is 12.6. The summed E-state index contributed by atoms with van der Waals surface area (Å²) in [6.07, 6.45) is 0. The number of hydrogen-bond acceptors (Lipinski definition) is 3. The van der Waals surface area contributed by atoms with E-state index in [9.17, 15) is 4.79 Å². The summed E-state index contributed by atoms with van der Waals surface area (Å²) in [7, 11) is 0. The standard InChI is InChI=1S/C17H18N2OS/c20-17-16-12-18(11-15-7-4-8-21-15)9-13(16)10-19(17)14-5-2-1-3-6-14/h1-8,13,16H,9-12H2/t13-,16+/m1/s1. The molecule has 108 valence electrons. The third-order valence-corrected chi connectivity index (χ3v) is 5.41. The Morgan fingerprint density at radius 1 is 1.05 bits per heavy atom. The number of thiophene rings is 1. The number of para-hydroxylation sites is 1. The van der Waals surface area contributed by atoms with Crippen LogP contribution in [0, 0.1) is 11.8 Å². The van der Waals surface area contributed by atoms with Crippen LogP contribution in [0.5, 0.6) is 0 Å². The average Bonchev–Trinajstić information content (AvgIpc) is 3.20. The first kappa shape index (κ1) is 13.0. The van der Waals surface area contributed by atoms with Gasteiger partial charge < -0.3 is 4.90 Å². The number of hydrogen-bond donors (Lipinski definition) is 0. The zero-order valence-corrected chi connectivity index (χ0v) is 12.6. The molecule has 21 heavy (non-hydrogen) atoms. The average molecular weight is 298 g/mol. The third kappa shape index (κ3) is 2.39. The van der Waals surface area contributed by atoms with Crippen LogP contribution in [-0.4, -0.2) is 30.4 Å². The van der Waals surface area contributed by atoms with E-state index < -0.39 is 0 Å². The number of nitrogens with zero attached hydrogens (tertiary/aromatic N) is 2. The molecule has 2 atom stereocenters. The van der Waals surface area contributed by atoms with E-state index in [4.69, 9.17) is 0 Å². The van der Waals surface area contributed by atoms with Crippen LogP contribution in [-0.2, 0) is 11.3 Å². The highest BCUT2D eigenvalue weighted by atomic mass is 32.1. The molecule has 2 aliphatic heterocycles. The SMILES string of the molecule is O=C1[C@H]2CN(Cc3cccs3)C[C@@H]2CN1c1ccccc1. The Kier molecular flexibility index (Phi) is 3.28. The van der Waals surface area contributed by atoms with E-state index in [-0.39, 0.29) is 5.92 Å². The summed E-state index contributed by atoms with van der Waals surface area (Å²) >= 11 is 1.80. The van der Waals surface area contributed by atoms with E-state index in [1.165, 1.54) is 4.88 Å². The molecule has 1 amide bonds. The van der Waals surface area contributed by atoms with Gasteiger partial charge in [0.25, 0.3) is 0 Å². The molecule has 0 N–H and O–H groups in total. The molecule has 3 heterocycles. The molecule has 1 aromatic carbocycles. The van der Waals surface area contributed by atoms with Crippen molar-refractivity contribution < 1.29 is 4.79 Å². The molecule has 2 aromatic rings. The Balaban J connectivity index is 1.45. The highest BCUT2D eigenvalue weighted by molar-refractivity contribution is 7.09. The predicted molar refractivity (Wildman–Crippen MR) is 85.4 cm³/mol. The van der Waals surface area contributed by atoms with Crippen LogP contribution in [0.2, 0.25) is 0 Å². The van der Waals surface area contributed by atoms with Crippen molar-refractivity contribution in [1.82, 2.24) is 4.90 Å². The number of anilines is 1. The van der Waals surface area contributed by atoms with Crippen molar-refractivity contribution in [1.29, 1.82) is 0 Å². The summed E-state index contributed by atoms with van der Waals surface area (Å²) in [5.74, 6) is 0.975. The van der Waals surface area contributed by atoms with E-state index in [1.807, 2.05) is 35.2 Å². The lowest BCUT2D eigenvalue weighted by Crippen LogP contribution is -2.32. The lowest BCUT2D eigenvalue weighted by molar-refractivity contribution is -0.120. The second-order valence-electron chi connectivity index (χ2n) is 5.92. The lowest BCUT2D eigenvalue weighted by atomic mass is 10.0. The topological polar surface area (TPSA) is 23.6 Å². The van der Waals surface area contributed by atoms with Crippen molar-refractivity contribution in [2.24, 2.45) is 11.8 Å².